The average Bonchev–Trinajstić information content (AvgIpc) is 2.34. The van der Waals surface area contributed by atoms with Crippen LogP contribution in [-0.4, -0.2) is 12.0 Å². The molecule has 1 heterocycles. The van der Waals surface area contributed by atoms with Gasteiger partial charge < -0.3 is 5.32 Å². The van der Waals surface area contributed by atoms with Crippen LogP contribution in [0.3, 0.4) is 0 Å². The van der Waals surface area contributed by atoms with E-state index in [0.29, 0.717) is 5.56 Å². The maximum atomic E-state index is 13.7. The summed E-state index contributed by atoms with van der Waals surface area (Å²) < 4.78 is 26.5. The molecule has 0 fully saturated rings. The van der Waals surface area contributed by atoms with Gasteiger partial charge in [0, 0.05) is 24.0 Å². The second-order valence-corrected chi connectivity index (χ2v) is 3.67. The number of aromatic nitrogens is 1. The highest BCUT2D eigenvalue weighted by Crippen LogP contribution is 2.24. The molecule has 0 spiro atoms. The van der Waals surface area contributed by atoms with Crippen LogP contribution in [0.25, 0.3) is 0 Å². The maximum absolute atomic E-state index is 13.7. The van der Waals surface area contributed by atoms with Crippen molar-refractivity contribution < 1.29 is 8.78 Å². The zero-order valence-electron chi connectivity index (χ0n) is 9.32. The molecule has 0 radical (unpaired) electrons. The Morgan fingerprint density at radius 2 is 1.82 bits per heavy atom. The van der Waals surface area contributed by atoms with Gasteiger partial charge in [0.1, 0.15) is 11.6 Å². The first kappa shape index (κ1) is 11.7. The SMILES string of the molecule is CNC(c1ccncc1)c1ccc(F)cc1F. The number of benzene rings is 1. The van der Waals surface area contributed by atoms with E-state index < -0.39 is 11.6 Å². The molecule has 1 atom stereocenters. The van der Waals surface area contributed by atoms with Gasteiger partial charge in [-0.1, -0.05) is 6.07 Å². The predicted molar refractivity (Wildman–Crippen MR) is 61.5 cm³/mol. The van der Waals surface area contributed by atoms with E-state index in [0.717, 1.165) is 11.6 Å². The molecule has 0 aliphatic heterocycles. The van der Waals surface area contributed by atoms with Crippen molar-refractivity contribution in [2.24, 2.45) is 0 Å². The lowest BCUT2D eigenvalue weighted by molar-refractivity contribution is 0.551. The van der Waals surface area contributed by atoms with Gasteiger partial charge >= 0.3 is 0 Å². The molecule has 2 aromatic rings. The maximum Gasteiger partial charge on any atom is 0.131 e. The number of hydrogen-bond acceptors (Lipinski definition) is 2. The Labute approximate surface area is 98.3 Å². The monoisotopic (exact) mass is 234 g/mol. The van der Waals surface area contributed by atoms with E-state index in [2.05, 4.69) is 10.3 Å². The Hall–Kier alpha value is -1.81. The van der Waals surface area contributed by atoms with Gasteiger partial charge in [0.2, 0.25) is 0 Å². The first-order valence-electron chi connectivity index (χ1n) is 5.24. The smallest absolute Gasteiger partial charge is 0.131 e. The molecule has 1 aromatic heterocycles. The van der Waals surface area contributed by atoms with Crippen LogP contribution in [-0.2, 0) is 0 Å². The molecule has 88 valence electrons. The molecule has 2 nitrogen and oxygen atoms in total. The minimum Gasteiger partial charge on any atom is -0.309 e. The van der Waals surface area contributed by atoms with E-state index >= 15 is 0 Å². The van der Waals surface area contributed by atoms with E-state index in [1.54, 1.807) is 31.6 Å². The summed E-state index contributed by atoms with van der Waals surface area (Å²) in [5, 5.41) is 3.00. The second-order valence-electron chi connectivity index (χ2n) is 3.67. The zero-order chi connectivity index (χ0) is 12.3. The fraction of sp³-hybridized carbons (Fsp3) is 0.154. The van der Waals surface area contributed by atoms with Crippen LogP contribution in [0, 0.1) is 11.6 Å². The number of pyridine rings is 1. The summed E-state index contributed by atoms with van der Waals surface area (Å²) in [6, 6.07) is 6.88. The van der Waals surface area contributed by atoms with Crippen molar-refractivity contribution in [3.05, 3.63) is 65.5 Å². The molecule has 0 saturated carbocycles. The molecular formula is C13H12F2N2. The number of halogens is 2. The van der Waals surface area contributed by atoms with Gasteiger partial charge in [-0.3, -0.25) is 4.98 Å². The summed E-state index contributed by atoms with van der Waals surface area (Å²) >= 11 is 0. The van der Waals surface area contributed by atoms with Crippen molar-refractivity contribution in [1.82, 2.24) is 10.3 Å². The molecule has 0 bridgehead atoms. The summed E-state index contributed by atoms with van der Waals surface area (Å²) in [6.07, 6.45) is 3.28. The Morgan fingerprint density at radius 1 is 1.12 bits per heavy atom. The lowest BCUT2D eigenvalue weighted by Gasteiger charge is -2.17. The van der Waals surface area contributed by atoms with E-state index in [1.165, 1.54) is 12.1 Å². The summed E-state index contributed by atoms with van der Waals surface area (Å²) in [5.74, 6) is -1.13. The third-order valence-corrected chi connectivity index (χ3v) is 2.60. The lowest BCUT2D eigenvalue weighted by atomic mass is 9.99. The van der Waals surface area contributed by atoms with E-state index in [-0.39, 0.29) is 6.04 Å². The lowest BCUT2D eigenvalue weighted by Crippen LogP contribution is -2.19. The summed E-state index contributed by atoms with van der Waals surface area (Å²) in [6.45, 7) is 0. The first-order chi connectivity index (χ1) is 8.22. The van der Waals surface area contributed by atoms with E-state index in [9.17, 15) is 8.78 Å². The van der Waals surface area contributed by atoms with E-state index in [1.807, 2.05) is 0 Å². The van der Waals surface area contributed by atoms with Crippen molar-refractivity contribution in [3.8, 4) is 0 Å². The second kappa shape index (κ2) is 5.01. The van der Waals surface area contributed by atoms with Gasteiger partial charge in [-0.05, 0) is 30.8 Å². The van der Waals surface area contributed by atoms with Crippen LogP contribution in [0.2, 0.25) is 0 Å². The Kier molecular flexibility index (Phi) is 3.44. The van der Waals surface area contributed by atoms with Gasteiger partial charge in [-0.2, -0.15) is 0 Å². The number of nitrogens with zero attached hydrogens (tertiary/aromatic N) is 1. The number of hydrogen-bond donors (Lipinski definition) is 1. The molecule has 0 amide bonds. The molecule has 0 aliphatic rings. The van der Waals surface area contributed by atoms with Gasteiger partial charge in [0.25, 0.3) is 0 Å². The van der Waals surface area contributed by atoms with Crippen molar-refractivity contribution in [2.75, 3.05) is 7.05 Å². The van der Waals surface area contributed by atoms with Gasteiger partial charge in [-0.15, -0.1) is 0 Å². The van der Waals surface area contributed by atoms with Crippen LogP contribution in [0.4, 0.5) is 8.78 Å². The molecule has 4 heteroatoms. The molecule has 17 heavy (non-hydrogen) atoms. The molecular weight excluding hydrogens is 222 g/mol. The molecule has 1 unspecified atom stereocenters. The van der Waals surface area contributed by atoms with Crippen LogP contribution in [0.1, 0.15) is 17.2 Å². The minimum atomic E-state index is -0.573. The molecule has 0 aliphatic carbocycles. The van der Waals surface area contributed by atoms with Crippen molar-refractivity contribution in [2.45, 2.75) is 6.04 Å². The molecule has 2 rings (SSSR count). The van der Waals surface area contributed by atoms with Crippen molar-refractivity contribution in [3.63, 3.8) is 0 Å². The number of rotatable bonds is 3. The first-order valence-corrected chi connectivity index (χ1v) is 5.24. The predicted octanol–water partition coefficient (Wildman–Crippen LogP) is 2.67. The molecule has 1 aromatic carbocycles. The van der Waals surface area contributed by atoms with Crippen LogP contribution in [0.15, 0.2) is 42.7 Å². The third kappa shape index (κ3) is 2.47. The Bertz CT molecular complexity index is 500. The standard InChI is InChI=1S/C13H12F2N2/c1-16-13(9-4-6-17-7-5-9)11-3-2-10(14)8-12(11)15/h2-8,13,16H,1H3. The highest BCUT2D eigenvalue weighted by atomic mass is 19.1. The highest BCUT2D eigenvalue weighted by molar-refractivity contribution is 5.31. The molecule has 1 N–H and O–H groups in total. The average molecular weight is 234 g/mol. The third-order valence-electron chi connectivity index (χ3n) is 2.60. The minimum absolute atomic E-state index is 0.307. The fourth-order valence-corrected chi connectivity index (χ4v) is 1.79. The number of nitrogens with one attached hydrogen (secondary N) is 1. The van der Waals surface area contributed by atoms with Crippen LogP contribution >= 0.6 is 0 Å². The highest BCUT2D eigenvalue weighted by Gasteiger charge is 2.16. The van der Waals surface area contributed by atoms with Gasteiger partial charge in [-0.25, -0.2) is 8.78 Å². The Morgan fingerprint density at radius 3 is 2.41 bits per heavy atom. The quantitative estimate of drug-likeness (QED) is 0.883. The fourth-order valence-electron chi connectivity index (χ4n) is 1.79. The van der Waals surface area contributed by atoms with Crippen LogP contribution in [0.5, 0.6) is 0 Å². The van der Waals surface area contributed by atoms with E-state index in [4.69, 9.17) is 0 Å². The Balaban J connectivity index is 2.42. The van der Waals surface area contributed by atoms with Gasteiger partial charge in [0.05, 0.1) is 6.04 Å². The molecule has 0 saturated heterocycles. The summed E-state index contributed by atoms with van der Waals surface area (Å²) in [5.41, 5.74) is 1.30. The van der Waals surface area contributed by atoms with Crippen LogP contribution < -0.4 is 5.32 Å². The summed E-state index contributed by atoms with van der Waals surface area (Å²) in [7, 11) is 1.73. The zero-order valence-corrected chi connectivity index (χ0v) is 9.32. The normalized spacial score (nSPS) is 12.4. The topological polar surface area (TPSA) is 24.9 Å². The van der Waals surface area contributed by atoms with Gasteiger partial charge in [0.15, 0.2) is 0 Å². The summed E-state index contributed by atoms with van der Waals surface area (Å²) in [4.78, 5) is 3.91. The van der Waals surface area contributed by atoms with Crippen molar-refractivity contribution in [1.29, 1.82) is 0 Å². The largest absolute Gasteiger partial charge is 0.309 e. The van der Waals surface area contributed by atoms with Crippen molar-refractivity contribution >= 4 is 0 Å².